The maximum atomic E-state index is 10.7. The average molecular weight is 272 g/mol. The minimum atomic E-state index is -5.31. The van der Waals surface area contributed by atoms with Gasteiger partial charge in [0.1, 0.15) is 24.4 Å². The summed E-state index contributed by atoms with van der Waals surface area (Å²) in [4.78, 5) is 30.8. The Morgan fingerprint density at radius 2 is 1.71 bits per heavy atom. The average Bonchev–Trinajstić information content (AvgIpc) is 2.21. The molecule has 0 saturated carbocycles. The van der Waals surface area contributed by atoms with Crippen LogP contribution in [0.1, 0.15) is 6.92 Å². The first-order chi connectivity index (χ1) is 7.56. The molecule has 4 N–H and O–H groups in total. The molecular formula is C7H13O9P-2. The van der Waals surface area contributed by atoms with Crippen molar-refractivity contribution in [3.63, 3.8) is 0 Å². The van der Waals surface area contributed by atoms with Crippen LogP contribution in [0.5, 0.6) is 0 Å². The number of carbonyl (C=O) groups is 1. The van der Waals surface area contributed by atoms with Crippen molar-refractivity contribution in [1.29, 1.82) is 0 Å². The molecule has 0 amide bonds. The number of hydrogen-bond acceptors (Lipinski definition) is 9. The highest BCUT2D eigenvalue weighted by Crippen LogP contribution is 2.25. The number of ketones is 1. The van der Waals surface area contributed by atoms with E-state index in [2.05, 4.69) is 4.52 Å². The molecule has 17 heavy (non-hydrogen) atoms. The summed E-state index contributed by atoms with van der Waals surface area (Å²) in [5.41, 5.74) is 0. The van der Waals surface area contributed by atoms with Crippen molar-refractivity contribution in [2.45, 2.75) is 31.3 Å². The molecule has 4 atom stereocenters. The van der Waals surface area contributed by atoms with E-state index in [0.717, 1.165) is 6.92 Å². The van der Waals surface area contributed by atoms with Gasteiger partial charge >= 0.3 is 0 Å². The molecule has 0 aromatic heterocycles. The standard InChI is InChI=1S/C7H15O9P/c1-3(8)5(10)7(12)6(11)4(9)2-16-17(13,14)15/h4-7,9-12H,2H2,1H3,(H2,13,14,15)/p-2. The second-order valence-corrected chi connectivity index (χ2v) is 4.50. The third kappa shape index (κ3) is 6.20. The van der Waals surface area contributed by atoms with Crippen molar-refractivity contribution in [1.82, 2.24) is 0 Å². The molecule has 102 valence electrons. The predicted octanol–water partition coefficient (Wildman–Crippen LogP) is -4.14. The van der Waals surface area contributed by atoms with E-state index in [-0.39, 0.29) is 0 Å². The normalized spacial score (nSPS) is 19.5. The number of hydrogen-bond donors (Lipinski definition) is 4. The molecule has 0 aliphatic rings. The third-order valence-corrected chi connectivity index (χ3v) is 2.35. The van der Waals surface area contributed by atoms with Crippen molar-refractivity contribution in [2.75, 3.05) is 6.61 Å². The molecular weight excluding hydrogens is 259 g/mol. The zero-order valence-electron chi connectivity index (χ0n) is 8.79. The number of aliphatic hydroxyl groups excluding tert-OH is 4. The molecule has 9 nitrogen and oxygen atoms in total. The van der Waals surface area contributed by atoms with Crippen LogP contribution in [0.25, 0.3) is 0 Å². The monoisotopic (exact) mass is 272 g/mol. The summed E-state index contributed by atoms with van der Waals surface area (Å²) < 4.78 is 13.7. The van der Waals surface area contributed by atoms with Crippen molar-refractivity contribution >= 4 is 13.6 Å². The van der Waals surface area contributed by atoms with Crippen LogP contribution in [0.2, 0.25) is 0 Å². The number of phosphoric acid groups is 1. The lowest BCUT2D eigenvalue weighted by Gasteiger charge is -2.31. The summed E-state index contributed by atoms with van der Waals surface area (Å²) in [7, 11) is -5.31. The van der Waals surface area contributed by atoms with E-state index in [9.17, 15) is 29.4 Å². The van der Waals surface area contributed by atoms with Gasteiger partial charge < -0.3 is 39.3 Å². The summed E-state index contributed by atoms with van der Waals surface area (Å²) in [6, 6.07) is 0. The van der Waals surface area contributed by atoms with Gasteiger partial charge in [-0.1, -0.05) is 0 Å². The number of rotatable bonds is 7. The Hall–Kier alpha value is -0.380. The number of carbonyl (C=O) groups excluding carboxylic acids is 1. The molecule has 0 aliphatic heterocycles. The summed E-state index contributed by atoms with van der Waals surface area (Å²) in [5, 5.41) is 36.6. The van der Waals surface area contributed by atoms with E-state index in [0.29, 0.717) is 0 Å². The molecule has 0 saturated heterocycles. The number of Topliss-reactive ketones (excluding diaryl/α,β-unsaturated/α-hetero) is 1. The summed E-state index contributed by atoms with van der Waals surface area (Å²) in [6.45, 7) is -0.153. The van der Waals surface area contributed by atoms with Gasteiger partial charge in [0.2, 0.25) is 0 Å². The van der Waals surface area contributed by atoms with Crippen molar-refractivity contribution in [3.8, 4) is 0 Å². The topological polar surface area (TPSA) is 170 Å². The molecule has 4 unspecified atom stereocenters. The van der Waals surface area contributed by atoms with Gasteiger partial charge in [-0.2, -0.15) is 0 Å². The zero-order valence-corrected chi connectivity index (χ0v) is 9.69. The molecule has 10 heteroatoms. The quantitative estimate of drug-likeness (QED) is 0.336. The zero-order chi connectivity index (χ0) is 13.8. The fraction of sp³-hybridized carbons (Fsp3) is 0.857. The Labute approximate surface area is 96.5 Å². The van der Waals surface area contributed by atoms with Gasteiger partial charge in [0.25, 0.3) is 0 Å². The molecule has 0 heterocycles. The fourth-order valence-corrected chi connectivity index (χ4v) is 1.26. The van der Waals surface area contributed by atoms with Crippen LogP contribution in [-0.4, -0.2) is 57.2 Å². The van der Waals surface area contributed by atoms with Gasteiger partial charge in [-0.25, -0.2) is 0 Å². The Bertz CT molecular complexity index is 300. The number of phosphoric ester groups is 1. The first-order valence-electron chi connectivity index (χ1n) is 4.45. The third-order valence-electron chi connectivity index (χ3n) is 1.89. The van der Waals surface area contributed by atoms with Crippen molar-refractivity contribution in [3.05, 3.63) is 0 Å². The van der Waals surface area contributed by atoms with Crippen LogP contribution in [-0.2, 0) is 13.9 Å². The predicted molar refractivity (Wildman–Crippen MR) is 48.3 cm³/mol. The highest BCUT2D eigenvalue weighted by atomic mass is 31.2. The lowest BCUT2D eigenvalue weighted by Crippen LogP contribution is -2.48. The van der Waals surface area contributed by atoms with E-state index >= 15 is 0 Å². The van der Waals surface area contributed by atoms with Crippen LogP contribution in [0, 0.1) is 0 Å². The fourth-order valence-electron chi connectivity index (χ4n) is 0.921. The van der Waals surface area contributed by atoms with Crippen LogP contribution >= 0.6 is 7.82 Å². The highest BCUT2D eigenvalue weighted by Gasteiger charge is 2.32. The maximum Gasteiger partial charge on any atom is 0.160 e. The lowest BCUT2D eigenvalue weighted by molar-refractivity contribution is -0.343. The molecule has 0 aromatic rings. The lowest BCUT2D eigenvalue weighted by atomic mass is 10.0. The number of aliphatic hydroxyl groups is 4. The second-order valence-electron chi connectivity index (χ2n) is 3.35. The van der Waals surface area contributed by atoms with E-state index in [4.69, 9.17) is 10.2 Å². The largest absolute Gasteiger partial charge is 0.790 e. The highest BCUT2D eigenvalue weighted by molar-refractivity contribution is 7.43. The van der Waals surface area contributed by atoms with Gasteiger partial charge in [0.05, 0.1) is 14.4 Å². The van der Waals surface area contributed by atoms with Gasteiger partial charge in [-0.3, -0.25) is 4.79 Å². The molecule has 0 aliphatic carbocycles. The SMILES string of the molecule is CC(=O)C(O)C(O)C(O)C(O)COP(=O)([O-])[O-]. The molecule has 0 aromatic carbocycles. The van der Waals surface area contributed by atoms with Crippen LogP contribution in [0.15, 0.2) is 0 Å². The minimum Gasteiger partial charge on any atom is -0.790 e. The van der Waals surface area contributed by atoms with Gasteiger partial charge in [-0.15, -0.1) is 0 Å². The molecule has 0 rings (SSSR count). The van der Waals surface area contributed by atoms with Crippen LogP contribution < -0.4 is 9.79 Å². The van der Waals surface area contributed by atoms with Gasteiger partial charge in [0, 0.05) is 0 Å². The van der Waals surface area contributed by atoms with E-state index in [1.54, 1.807) is 0 Å². The van der Waals surface area contributed by atoms with Crippen molar-refractivity contribution < 1.29 is 44.1 Å². The summed E-state index contributed by atoms with van der Waals surface area (Å²) in [5.74, 6) is -0.858. The first kappa shape index (κ1) is 16.6. The second kappa shape index (κ2) is 6.53. The molecule has 0 bridgehead atoms. The minimum absolute atomic E-state index is 0.858. The summed E-state index contributed by atoms with van der Waals surface area (Å²) in [6.07, 6.45) is -7.95. The molecule has 0 radical (unpaired) electrons. The van der Waals surface area contributed by atoms with Crippen molar-refractivity contribution in [2.24, 2.45) is 0 Å². The Morgan fingerprint density at radius 1 is 1.24 bits per heavy atom. The summed E-state index contributed by atoms with van der Waals surface area (Å²) >= 11 is 0. The molecule has 0 spiro atoms. The Morgan fingerprint density at radius 3 is 2.06 bits per heavy atom. The van der Waals surface area contributed by atoms with E-state index in [1.165, 1.54) is 0 Å². The van der Waals surface area contributed by atoms with E-state index in [1.807, 2.05) is 0 Å². The smallest absolute Gasteiger partial charge is 0.160 e. The van der Waals surface area contributed by atoms with Gasteiger partial charge in [0.15, 0.2) is 5.78 Å². The van der Waals surface area contributed by atoms with E-state index < -0.39 is 44.6 Å². The van der Waals surface area contributed by atoms with Gasteiger partial charge in [-0.05, 0) is 6.92 Å². The Kier molecular flexibility index (Phi) is 6.38. The first-order valence-corrected chi connectivity index (χ1v) is 5.91. The molecule has 0 fully saturated rings. The maximum absolute atomic E-state index is 10.7. The van der Waals surface area contributed by atoms with Crippen LogP contribution in [0.3, 0.4) is 0 Å². The Balaban J connectivity index is 4.34. The van der Waals surface area contributed by atoms with Crippen LogP contribution in [0.4, 0.5) is 0 Å².